The molecule has 0 atom stereocenters. The Bertz CT molecular complexity index is 1480. The van der Waals surface area contributed by atoms with Gasteiger partial charge in [0.2, 0.25) is 0 Å². The van der Waals surface area contributed by atoms with Crippen molar-refractivity contribution in [2.24, 2.45) is 0 Å². The molecule has 0 fully saturated rings. The highest BCUT2D eigenvalue weighted by molar-refractivity contribution is 9.11. The van der Waals surface area contributed by atoms with Gasteiger partial charge in [0, 0.05) is 6.07 Å². The van der Waals surface area contributed by atoms with Crippen LogP contribution in [0.3, 0.4) is 0 Å². The summed E-state index contributed by atoms with van der Waals surface area (Å²) in [6, 6.07) is 16.5. The number of anilines is 1. The summed E-state index contributed by atoms with van der Waals surface area (Å²) in [4.78, 5) is 23.3. The smallest absolute Gasteiger partial charge is 0.339 e. The lowest BCUT2D eigenvalue weighted by Crippen LogP contribution is -2.14. The van der Waals surface area contributed by atoms with Gasteiger partial charge in [-0.15, -0.1) is 0 Å². The Morgan fingerprint density at radius 3 is 2.31 bits per heavy atom. The van der Waals surface area contributed by atoms with Crippen LogP contribution >= 0.6 is 31.9 Å². The third-order valence-corrected chi connectivity index (χ3v) is 6.93. The first-order chi connectivity index (χ1) is 16.5. The van der Waals surface area contributed by atoms with Crippen molar-refractivity contribution in [2.45, 2.75) is 11.8 Å². The third kappa shape index (κ3) is 6.33. The van der Waals surface area contributed by atoms with Crippen molar-refractivity contribution >= 4 is 65.3 Å². The number of carbonyl (C=O) groups excluding carboxylic acids is 1. The molecule has 1 N–H and O–H groups in total. The fourth-order valence-electron chi connectivity index (χ4n) is 2.89. The van der Waals surface area contributed by atoms with Gasteiger partial charge in [-0.1, -0.05) is 24.3 Å². The number of benzene rings is 3. The van der Waals surface area contributed by atoms with Gasteiger partial charge in [0.1, 0.15) is 22.2 Å². The van der Waals surface area contributed by atoms with Crippen LogP contribution in [0, 0.1) is 28.4 Å². The SMILES string of the molecule is Cc1ccc(NC(=O)/C(C#N)=C/c2cc(Br)c(OS(=O)(=O)c3ccccc3)c(Br)c2)c([N+](=O)[O-])c1. The zero-order chi connectivity index (χ0) is 25.8. The third-order valence-electron chi connectivity index (χ3n) is 4.52. The van der Waals surface area contributed by atoms with Gasteiger partial charge >= 0.3 is 10.1 Å². The normalized spacial score (nSPS) is 11.4. The molecule has 9 nitrogen and oxygen atoms in total. The summed E-state index contributed by atoms with van der Waals surface area (Å²) in [7, 11) is -4.11. The van der Waals surface area contributed by atoms with E-state index in [2.05, 4.69) is 37.2 Å². The van der Waals surface area contributed by atoms with Crippen molar-refractivity contribution < 1.29 is 22.3 Å². The summed E-state index contributed by atoms with van der Waals surface area (Å²) in [6.45, 7) is 1.67. The quantitative estimate of drug-likeness (QED) is 0.117. The van der Waals surface area contributed by atoms with Crippen LogP contribution in [0.5, 0.6) is 5.75 Å². The number of hydrogen-bond donors (Lipinski definition) is 1. The van der Waals surface area contributed by atoms with E-state index in [4.69, 9.17) is 4.18 Å². The fourth-order valence-corrected chi connectivity index (χ4v) is 5.47. The van der Waals surface area contributed by atoms with Crippen LogP contribution in [-0.4, -0.2) is 19.2 Å². The minimum Gasteiger partial charge on any atom is -0.377 e. The Morgan fingerprint density at radius 1 is 1.11 bits per heavy atom. The van der Waals surface area contributed by atoms with Gasteiger partial charge in [-0.2, -0.15) is 13.7 Å². The molecule has 0 saturated carbocycles. The first kappa shape index (κ1) is 26.1. The van der Waals surface area contributed by atoms with Crippen LogP contribution < -0.4 is 9.50 Å². The van der Waals surface area contributed by atoms with E-state index in [1.165, 1.54) is 42.5 Å². The number of nitrogens with one attached hydrogen (secondary N) is 1. The average Bonchev–Trinajstić information content (AvgIpc) is 2.81. The first-order valence-corrected chi connectivity index (χ1v) is 12.7. The van der Waals surface area contributed by atoms with Crippen molar-refractivity contribution in [1.29, 1.82) is 5.26 Å². The van der Waals surface area contributed by atoms with E-state index in [0.29, 0.717) is 11.1 Å². The maximum Gasteiger partial charge on any atom is 0.339 e. The number of nitro benzene ring substituents is 1. The van der Waals surface area contributed by atoms with Crippen molar-refractivity contribution in [3.05, 3.63) is 96.4 Å². The van der Waals surface area contributed by atoms with Gasteiger partial charge in [0.15, 0.2) is 5.75 Å². The molecule has 178 valence electrons. The second kappa shape index (κ2) is 10.8. The number of amides is 1. The van der Waals surface area contributed by atoms with Crippen molar-refractivity contribution in [1.82, 2.24) is 0 Å². The second-order valence-electron chi connectivity index (χ2n) is 7.07. The van der Waals surface area contributed by atoms with E-state index in [1.54, 1.807) is 37.3 Å². The van der Waals surface area contributed by atoms with Crippen LogP contribution in [0.4, 0.5) is 11.4 Å². The molecule has 0 spiro atoms. The molecule has 0 radical (unpaired) electrons. The molecule has 0 aliphatic carbocycles. The Kier molecular flexibility index (Phi) is 8.06. The molecule has 0 aliphatic rings. The summed E-state index contributed by atoms with van der Waals surface area (Å²) >= 11 is 6.50. The van der Waals surface area contributed by atoms with Gasteiger partial charge in [-0.05, 0) is 86.3 Å². The predicted molar refractivity (Wildman–Crippen MR) is 136 cm³/mol. The number of nitro groups is 1. The first-order valence-electron chi connectivity index (χ1n) is 9.68. The summed E-state index contributed by atoms with van der Waals surface area (Å²) in [5.41, 5.74) is 0.311. The molecule has 0 aliphatic heterocycles. The van der Waals surface area contributed by atoms with Crippen molar-refractivity contribution in [2.75, 3.05) is 5.32 Å². The minimum atomic E-state index is -4.11. The van der Waals surface area contributed by atoms with Gasteiger partial charge in [-0.25, -0.2) is 0 Å². The maximum absolute atomic E-state index is 12.6. The topological polar surface area (TPSA) is 139 Å². The van der Waals surface area contributed by atoms with Crippen LogP contribution in [0.25, 0.3) is 6.08 Å². The zero-order valence-electron chi connectivity index (χ0n) is 17.9. The summed E-state index contributed by atoms with van der Waals surface area (Å²) in [5.74, 6) is -0.872. The second-order valence-corrected chi connectivity index (χ2v) is 10.3. The molecule has 0 unspecified atom stereocenters. The van der Waals surface area contributed by atoms with Crippen molar-refractivity contribution in [3.63, 3.8) is 0 Å². The average molecular weight is 621 g/mol. The van der Waals surface area contributed by atoms with Crippen LogP contribution in [-0.2, 0) is 14.9 Å². The van der Waals surface area contributed by atoms with E-state index >= 15 is 0 Å². The van der Waals surface area contributed by atoms with Crippen LogP contribution in [0.15, 0.2) is 80.1 Å². The van der Waals surface area contributed by atoms with E-state index in [0.717, 1.165) is 0 Å². The zero-order valence-corrected chi connectivity index (χ0v) is 21.8. The molecule has 3 aromatic carbocycles. The molecule has 0 saturated heterocycles. The van der Waals surface area contributed by atoms with E-state index in [-0.39, 0.29) is 36.5 Å². The van der Waals surface area contributed by atoms with E-state index in [9.17, 15) is 28.6 Å². The van der Waals surface area contributed by atoms with Gasteiger partial charge in [0.05, 0.1) is 13.9 Å². The lowest BCUT2D eigenvalue weighted by Gasteiger charge is -2.11. The molecule has 1 amide bonds. The molecule has 3 aromatic rings. The largest absolute Gasteiger partial charge is 0.377 e. The number of halogens is 2. The highest BCUT2D eigenvalue weighted by Crippen LogP contribution is 2.37. The lowest BCUT2D eigenvalue weighted by molar-refractivity contribution is -0.384. The molecule has 12 heteroatoms. The van der Waals surface area contributed by atoms with Gasteiger partial charge in [0.25, 0.3) is 11.6 Å². The molecule has 0 heterocycles. The number of rotatable bonds is 7. The van der Waals surface area contributed by atoms with Gasteiger partial charge < -0.3 is 9.50 Å². The van der Waals surface area contributed by atoms with Crippen LogP contribution in [0.1, 0.15) is 11.1 Å². The number of hydrogen-bond acceptors (Lipinski definition) is 7. The predicted octanol–water partition coefficient (Wildman–Crippen LogP) is 5.74. The van der Waals surface area contributed by atoms with Crippen molar-refractivity contribution in [3.8, 4) is 11.8 Å². The highest BCUT2D eigenvalue weighted by atomic mass is 79.9. The summed E-state index contributed by atoms with van der Waals surface area (Å²) in [6.07, 6.45) is 1.25. The Morgan fingerprint density at radius 2 is 1.74 bits per heavy atom. The molecule has 0 aromatic heterocycles. The number of aryl methyl sites for hydroxylation is 1. The molecular formula is C23H15Br2N3O6S. The number of nitrogens with zero attached hydrogens (tertiary/aromatic N) is 2. The molecular weight excluding hydrogens is 606 g/mol. The van der Waals surface area contributed by atoms with E-state index in [1.807, 2.05) is 0 Å². The highest BCUT2D eigenvalue weighted by Gasteiger charge is 2.21. The standard InChI is InChI=1S/C23H15Br2N3O6S/c1-14-7-8-20(21(9-14)28(30)31)27-23(29)16(13-26)10-15-11-18(24)22(19(25)12-15)34-35(32,33)17-5-3-2-4-6-17/h2-12H,1H3,(H,27,29)/b16-10+. The van der Waals surface area contributed by atoms with E-state index < -0.39 is 20.9 Å². The summed E-state index contributed by atoms with van der Waals surface area (Å²) in [5, 5.41) is 23.2. The lowest BCUT2D eigenvalue weighted by atomic mass is 10.1. The fraction of sp³-hybridized carbons (Fsp3) is 0.0435. The van der Waals surface area contributed by atoms with Gasteiger partial charge in [-0.3, -0.25) is 14.9 Å². The molecule has 0 bridgehead atoms. The summed E-state index contributed by atoms with van der Waals surface area (Å²) < 4.78 is 30.8. The monoisotopic (exact) mass is 619 g/mol. The molecule has 35 heavy (non-hydrogen) atoms. The number of carbonyl (C=O) groups is 1. The maximum atomic E-state index is 12.6. The minimum absolute atomic E-state index is 0.0238. The molecule has 3 rings (SSSR count). The Hall–Kier alpha value is -3.53. The Balaban J connectivity index is 1.89. The van der Waals surface area contributed by atoms with Crippen LogP contribution in [0.2, 0.25) is 0 Å². The number of nitriles is 1. The Labute approximate surface area is 217 Å².